The van der Waals surface area contributed by atoms with Crippen molar-refractivity contribution in [1.82, 2.24) is 20.1 Å². The van der Waals surface area contributed by atoms with E-state index in [1.54, 1.807) is 6.33 Å². The van der Waals surface area contributed by atoms with Gasteiger partial charge in [-0.2, -0.15) is 0 Å². The number of carbonyl (C=O) groups excluding carboxylic acids is 1. The molecular formula is C13H24N4O2S. The van der Waals surface area contributed by atoms with E-state index in [0.29, 0.717) is 18.2 Å². The van der Waals surface area contributed by atoms with Crippen LogP contribution in [-0.4, -0.2) is 44.7 Å². The fourth-order valence-electron chi connectivity index (χ4n) is 1.76. The summed E-state index contributed by atoms with van der Waals surface area (Å²) in [5.41, 5.74) is 0. The van der Waals surface area contributed by atoms with Crippen LogP contribution in [0.1, 0.15) is 39.7 Å². The highest BCUT2D eigenvalue weighted by molar-refractivity contribution is 7.99. The maximum absolute atomic E-state index is 11.8. The molecule has 0 bridgehead atoms. The Labute approximate surface area is 124 Å². The van der Waals surface area contributed by atoms with Crippen LogP contribution in [-0.2, 0) is 4.79 Å². The van der Waals surface area contributed by atoms with Crippen LogP contribution in [0.15, 0.2) is 11.5 Å². The van der Waals surface area contributed by atoms with Crippen molar-refractivity contribution in [3.63, 3.8) is 0 Å². The maximum atomic E-state index is 11.8. The highest BCUT2D eigenvalue weighted by atomic mass is 32.2. The highest BCUT2D eigenvalue weighted by Gasteiger charge is 2.12. The van der Waals surface area contributed by atoms with Crippen LogP contribution >= 0.6 is 11.8 Å². The van der Waals surface area contributed by atoms with Gasteiger partial charge in [-0.15, -0.1) is 10.2 Å². The number of amides is 1. The predicted octanol–water partition coefficient (Wildman–Crippen LogP) is 1.48. The van der Waals surface area contributed by atoms with Crippen LogP contribution in [0.2, 0.25) is 0 Å². The van der Waals surface area contributed by atoms with Crippen molar-refractivity contribution in [3.05, 3.63) is 6.33 Å². The molecule has 1 rings (SSSR count). The molecule has 0 aliphatic heterocycles. The molecule has 1 aromatic heterocycles. The standard InChI is InChI=1S/C13H24N4O2S/c1-4-11(5-6-18)7-14-12(19)8-20-13-16-15-9-17(13)10(2)3/h9-11,18H,4-8H2,1-3H3,(H,14,19). The fraction of sp³-hybridized carbons (Fsp3) is 0.769. The lowest BCUT2D eigenvalue weighted by molar-refractivity contribution is -0.118. The molecule has 0 fully saturated rings. The van der Waals surface area contributed by atoms with Gasteiger partial charge >= 0.3 is 0 Å². The number of nitrogens with zero attached hydrogens (tertiary/aromatic N) is 3. The molecule has 0 aliphatic carbocycles. The Morgan fingerprint density at radius 1 is 1.55 bits per heavy atom. The lowest BCUT2D eigenvalue weighted by Gasteiger charge is -2.14. The Bertz CT molecular complexity index is 409. The molecule has 0 saturated heterocycles. The van der Waals surface area contributed by atoms with Gasteiger partial charge in [-0.1, -0.05) is 25.1 Å². The number of rotatable bonds is 9. The molecule has 0 spiro atoms. The average molecular weight is 300 g/mol. The van der Waals surface area contributed by atoms with Gasteiger partial charge in [0, 0.05) is 19.2 Å². The van der Waals surface area contributed by atoms with E-state index in [1.165, 1.54) is 11.8 Å². The van der Waals surface area contributed by atoms with Gasteiger partial charge in [0.15, 0.2) is 5.16 Å². The molecule has 1 atom stereocenters. The molecular weight excluding hydrogens is 276 g/mol. The van der Waals surface area contributed by atoms with Gasteiger partial charge in [0.05, 0.1) is 5.75 Å². The quantitative estimate of drug-likeness (QED) is 0.675. The first kappa shape index (κ1) is 17.0. The van der Waals surface area contributed by atoms with Crippen LogP contribution in [0, 0.1) is 5.92 Å². The molecule has 0 saturated carbocycles. The van der Waals surface area contributed by atoms with Crippen molar-refractivity contribution in [1.29, 1.82) is 0 Å². The molecule has 1 unspecified atom stereocenters. The predicted molar refractivity (Wildman–Crippen MR) is 79.6 cm³/mol. The first-order valence-corrected chi connectivity index (χ1v) is 7.96. The van der Waals surface area contributed by atoms with E-state index in [-0.39, 0.29) is 18.6 Å². The molecule has 7 heteroatoms. The van der Waals surface area contributed by atoms with Crippen LogP contribution in [0.5, 0.6) is 0 Å². The summed E-state index contributed by atoms with van der Waals surface area (Å²) in [4.78, 5) is 11.8. The molecule has 20 heavy (non-hydrogen) atoms. The van der Waals surface area contributed by atoms with Crippen molar-refractivity contribution in [2.75, 3.05) is 18.9 Å². The third-order valence-electron chi connectivity index (χ3n) is 3.13. The Hall–Kier alpha value is -1.08. The largest absolute Gasteiger partial charge is 0.396 e. The lowest BCUT2D eigenvalue weighted by atomic mass is 10.0. The molecule has 0 aromatic carbocycles. The summed E-state index contributed by atoms with van der Waals surface area (Å²) in [6, 6.07) is 0.282. The first-order chi connectivity index (χ1) is 9.58. The number of thioether (sulfide) groups is 1. The second-order valence-electron chi connectivity index (χ2n) is 4.99. The minimum Gasteiger partial charge on any atom is -0.396 e. The Balaban J connectivity index is 2.34. The van der Waals surface area contributed by atoms with E-state index in [4.69, 9.17) is 5.11 Å². The van der Waals surface area contributed by atoms with E-state index >= 15 is 0 Å². The average Bonchev–Trinajstić information content (AvgIpc) is 2.89. The van der Waals surface area contributed by atoms with Crippen molar-refractivity contribution in [2.24, 2.45) is 5.92 Å². The normalized spacial score (nSPS) is 12.7. The summed E-state index contributed by atoms with van der Waals surface area (Å²) in [7, 11) is 0. The van der Waals surface area contributed by atoms with E-state index in [2.05, 4.69) is 22.4 Å². The molecule has 0 aliphatic rings. The second kappa shape index (κ2) is 8.97. The third-order valence-corrected chi connectivity index (χ3v) is 4.09. The van der Waals surface area contributed by atoms with E-state index < -0.39 is 0 Å². The third kappa shape index (κ3) is 5.50. The van der Waals surface area contributed by atoms with Crippen LogP contribution < -0.4 is 5.32 Å². The van der Waals surface area contributed by atoms with Gasteiger partial charge < -0.3 is 15.0 Å². The van der Waals surface area contributed by atoms with Crippen LogP contribution in [0.3, 0.4) is 0 Å². The van der Waals surface area contributed by atoms with E-state index in [9.17, 15) is 4.79 Å². The summed E-state index contributed by atoms with van der Waals surface area (Å²) in [6.45, 7) is 6.95. The molecule has 2 N–H and O–H groups in total. The number of aromatic nitrogens is 3. The zero-order chi connectivity index (χ0) is 15.0. The minimum absolute atomic E-state index is 0.00954. The monoisotopic (exact) mass is 300 g/mol. The summed E-state index contributed by atoms with van der Waals surface area (Å²) in [5.74, 6) is 0.666. The molecule has 6 nitrogen and oxygen atoms in total. The van der Waals surface area contributed by atoms with Gasteiger partial charge in [0.1, 0.15) is 6.33 Å². The Morgan fingerprint density at radius 3 is 2.90 bits per heavy atom. The molecule has 1 aromatic rings. The number of hydrogen-bond donors (Lipinski definition) is 2. The summed E-state index contributed by atoms with van der Waals surface area (Å²) in [6.07, 6.45) is 3.36. The molecule has 1 amide bonds. The Kier molecular flexibility index (Phi) is 7.61. The zero-order valence-electron chi connectivity index (χ0n) is 12.4. The van der Waals surface area contributed by atoms with Gasteiger partial charge in [-0.3, -0.25) is 4.79 Å². The van der Waals surface area contributed by atoms with Crippen molar-refractivity contribution in [3.8, 4) is 0 Å². The topological polar surface area (TPSA) is 80.0 Å². The summed E-state index contributed by atoms with van der Waals surface area (Å²) >= 11 is 1.39. The number of carbonyl (C=O) groups is 1. The number of nitrogens with one attached hydrogen (secondary N) is 1. The smallest absolute Gasteiger partial charge is 0.230 e. The van der Waals surface area contributed by atoms with Crippen molar-refractivity contribution >= 4 is 17.7 Å². The highest BCUT2D eigenvalue weighted by Crippen LogP contribution is 2.18. The fourth-order valence-corrected chi connectivity index (χ4v) is 2.64. The van der Waals surface area contributed by atoms with Crippen molar-refractivity contribution in [2.45, 2.75) is 44.8 Å². The SMILES string of the molecule is CCC(CCO)CNC(=O)CSc1nncn1C(C)C. The van der Waals surface area contributed by atoms with Gasteiger partial charge in [-0.25, -0.2) is 0 Å². The Morgan fingerprint density at radius 2 is 2.30 bits per heavy atom. The molecule has 1 heterocycles. The van der Waals surface area contributed by atoms with Gasteiger partial charge in [-0.05, 0) is 26.2 Å². The maximum Gasteiger partial charge on any atom is 0.230 e. The van der Waals surface area contributed by atoms with Crippen LogP contribution in [0.25, 0.3) is 0 Å². The summed E-state index contributed by atoms with van der Waals surface area (Å²) in [5, 5.41) is 20.5. The number of hydrogen-bond acceptors (Lipinski definition) is 5. The minimum atomic E-state index is -0.00954. The lowest BCUT2D eigenvalue weighted by Crippen LogP contribution is -2.31. The molecule has 0 radical (unpaired) electrons. The first-order valence-electron chi connectivity index (χ1n) is 6.98. The second-order valence-corrected chi connectivity index (χ2v) is 5.94. The van der Waals surface area contributed by atoms with Crippen LogP contribution in [0.4, 0.5) is 0 Å². The summed E-state index contributed by atoms with van der Waals surface area (Å²) < 4.78 is 1.94. The van der Waals surface area contributed by atoms with E-state index in [0.717, 1.165) is 18.0 Å². The van der Waals surface area contributed by atoms with Crippen molar-refractivity contribution < 1.29 is 9.90 Å². The van der Waals surface area contributed by atoms with Gasteiger partial charge in [0.25, 0.3) is 0 Å². The number of aliphatic hydroxyl groups excluding tert-OH is 1. The number of aliphatic hydroxyl groups is 1. The molecule has 114 valence electrons. The van der Waals surface area contributed by atoms with Gasteiger partial charge in [0.2, 0.25) is 5.91 Å². The zero-order valence-corrected chi connectivity index (χ0v) is 13.2. The van der Waals surface area contributed by atoms with E-state index in [1.807, 2.05) is 18.4 Å².